The van der Waals surface area contributed by atoms with Crippen molar-refractivity contribution >= 4 is 17.7 Å². The molecule has 1 amide bonds. The van der Waals surface area contributed by atoms with E-state index >= 15 is 0 Å². The number of amides is 1. The summed E-state index contributed by atoms with van der Waals surface area (Å²) in [7, 11) is 0. The Kier molecular flexibility index (Phi) is 3.93. The Morgan fingerprint density at radius 1 is 1.16 bits per heavy atom. The Bertz CT molecular complexity index is 623. The minimum absolute atomic E-state index is 0.00462. The van der Waals surface area contributed by atoms with Gasteiger partial charge in [0.2, 0.25) is 5.91 Å². The zero-order valence-electron chi connectivity index (χ0n) is 10.0. The van der Waals surface area contributed by atoms with Crippen LogP contribution in [0.15, 0.2) is 54.6 Å². The van der Waals surface area contributed by atoms with Crippen molar-refractivity contribution in [2.24, 2.45) is 0 Å². The van der Waals surface area contributed by atoms with Gasteiger partial charge in [-0.05, 0) is 35.9 Å². The predicted octanol–water partition coefficient (Wildman–Crippen LogP) is 3.18. The molecule has 0 radical (unpaired) electrons. The van der Waals surface area contributed by atoms with Crippen molar-refractivity contribution in [1.29, 1.82) is 0 Å². The van der Waals surface area contributed by atoms with Crippen LogP contribution in [0.2, 0.25) is 0 Å². The maximum Gasteiger partial charge on any atom is 0.248 e. The molecule has 19 heavy (non-hydrogen) atoms. The van der Waals surface area contributed by atoms with Crippen LogP contribution < -0.4 is 5.32 Å². The van der Waals surface area contributed by atoms with Crippen LogP contribution in [0.3, 0.4) is 0 Å². The van der Waals surface area contributed by atoms with Crippen molar-refractivity contribution in [3.63, 3.8) is 0 Å². The van der Waals surface area contributed by atoms with Gasteiger partial charge >= 0.3 is 0 Å². The fourth-order valence-corrected chi connectivity index (χ4v) is 1.54. The van der Waals surface area contributed by atoms with Crippen LogP contribution in [0.5, 0.6) is 5.75 Å². The number of benzene rings is 2. The highest BCUT2D eigenvalue weighted by Crippen LogP contribution is 2.21. The molecule has 0 spiro atoms. The van der Waals surface area contributed by atoms with E-state index in [1.807, 2.05) is 0 Å². The number of nitrogens with one attached hydrogen (secondary N) is 1. The van der Waals surface area contributed by atoms with Crippen molar-refractivity contribution in [2.45, 2.75) is 0 Å². The highest BCUT2D eigenvalue weighted by Gasteiger charge is 2.02. The molecule has 2 rings (SSSR count). The van der Waals surface area contributed by atoms with E-state index in [0.717, 1.165) is 0 Å². The lowest BCUT2D eigenvalue weighted by Gasteiger charge is -2.03. The molecule has 0 saturated heterocycles. The van der Waals surface area contributed by atoms with Crippen molar-refractivity contribution in [1.82, 2.24) is 0 Å². The maximum absolute atomic E-state index is 12.9. The Balaban J connectivity index is 2.04. The van der Waals surface area contributed by atoms with Gasteiger partial charge in [-0.2, -0.15) is 0 Å². The normalized spacial score (nSPS) is 10.6. The number of phenols is 1. The van der Waals surface area contributed by atoms with Crippen LogP contribution in [0.25, 0.3) is 6.08 Å². The predicted molar refractivity (Wildman–Crippen MR) is 72.2 cm³/mol. The summed E-state index contributed by atoms with van der Waals surface area (Å²) in [6, 6.07) is 12.3. The van der Waals surface area contributed by atoms with Gasteiger partial charge in [0.25, 0.3) is 0 Å². The molecule has 0 aliphatic rings. The molecule has 4 heteroatoms. The largest absolute Gasteiger partial charge is 0.506 e. The zero-order chi connectivity index (χ0) is 13.7. The lowest BCUT2D eigenvalue weighted by molar-refractivity contribution is -0.111. The monoisotopic (exact) mass is 257 g/mol. The van der Waals surface area contributed by atoms with Gasteiger partial charge in [0, 0.05) is 6.08 Å². The number of carbonyl (C=O) groups excluding carboxylic acids is 1. The number of phenolic OH excluding ortho intramolecular Hbond substituents is 1. The van der Waals surface area contributed by atoms with Crippen molar-refractivity contribution in [2.75, 3.05) is 5.32 Å². The molecular weight excluding hydrogens is 245 g/mol. The highest BCUT2D eigenvalue weighted by atomic mass is 19.1. The quantitative estimate of drug-likeness (QED) is 0.655. The Hall–Kier alpha value is -2.62. The molecule has 0 aliphatic heterocycles. The summed E-state index contributed by atoms with van der Waals surface area (Å²) in [5.41, 5.74) is 0.920. The van der Waals surface area contributed by atoms with Crippen molar-refractivity contribution < 1.29 is 14.3 Å². The average molecular weight is 257 g/mol. The number of rotatable bonds is 3. The minimum Gasteiger partial charge on any atom is -0.506 e. The van der Waals surface area contributed by atoms with E-state index < -0.39 is 5.91 Å². The van der Waals surface area contributed by atoms with Crippen LogP contribution in [-0.4, -0.2) is 11.0 Å². The molecular formula is C15H12FNO2. The third-order valence-electron chi connectivity index (χ3n) is 2.44. The zero-order valence-corrected chi connectivity index (χ0v) is 10.0. The van der Waals surface area contributed by atoms with E-state index in [1.165, 1.54) is 30.4 Å². The molecule has 0 aromatic heterocycles. The van der Waals surface area contributed by atoms with Gasteiger partial charge in [-0.15, -0.1) is 0 Å². The van der Waals surface area contributed by atoms with Crippen LogP contribution in [-0.2, 0) is 4.79 Å². The SMILES string of the molecule is O=C(/C=C/c1cccc(F)c1)Nc1ccccc1O. The summed E-state index contributed by atoms with van der Waals surface area (Å²) in [6.45, 7) is 0. The highest BCUT2D eigenvalue weighted by molar-refractivity contribution is 6.02. The number of para-hydroxylation sites is 2. The van der Waals surface area contributed by atoms with Gasteiger partial charge in [-0.3, -0.25) is 4.79 Å². The van der Waals surface area contributed by atoms with Crippen LogP contribution in [0.4, 0.5) is 10.1 Å². The number of anilines is 1. The number of carbonyl (C=O) groups is 1. The topological polar surface area (TPSA) is 49.3 Å². The summed E-state index contributed by atoms with van der Waals surface area (Å²) in [6.07, 6.45) is 2.78. The number of hydrogen-bond acceptors (Lipinski definition) is 2. The van der Waals surface area contributed by atoms with E-state index in [9.17, 15) is 14.3 Å². The van der Waals surface area contributed by atoms with Crippen molar-refractivity contribution in [3.8, 4) is 5.75 Å². The molecule has 0 saturated carbocycles. The van der Waals surface area contributed by atoms with Gasteiger partial charge in [0.15, 0.2) is 0 Å². The first kappa shape index (κ1) is 12.8. The first-order valence-corrected chi connectivity index (χ1v) is 5.68. The standard InChI is InChI=1S/C15H12FNO2/c16-12-5-3-4-11(10-12)8-9-15(19)17-13-6-1-2-7-14(13)18/h1-10,18H,(H,17,19)/b9-8+. The first-order valence-electron chi connectivity index (χ1n) is 5.68. The molecule has 3 nitrogen and oxygen atoms in total. The molecule has 2 N–H and O–H groups in total. The Labute approximate surface area is 110 Å². The molecule has 2 aromatic rings. The molecule has 2 aromatic carbocycles. The molecule has 0 bridgehead atoms. The lowest BCUT2D eigenvalue weighted by Crippen LogP contribution is -2.07. The third-order valence-corrected chi connectivity index (χ3v) is 2.44. The van der Waals surface area contributed by atoms with Crippen LogP contribution in [0.1, 0.15) is 5.56 Å². The fourth-order valence-electron chi connectivity index (χ4n) is 1.54. The number of halogens is 1. The number of hydrogen-bond donors (Lipinski definition) is 2. The summed E-state index contributed by atoms with van der Waals surface area (Å²) in [5, 5.41) is 12.0. The second-order valence-electron chi connectivity index (χ2n) is 3.89. The van der Waals surface area contributed by atoms with Crippen LogP contribution >= 0.6 is 0 Å². The second kappa shape index (κ2) is 5.82. The minimum atomic E-state index is -0.397. The smallest absolute Gasteiger partial charge is 0.248 e. The van der Waals surface area contributed by atoms with Crippen molar-refractivity contribution in [3.05, 3.63) is 66.0 Å². The Morgan fingerprint density at radius 3 is 2.68 bits per heavy atom. The molecule has 0 aliphatic carbocycles. The van der Waals surface area contributed by atoms with E-state index in [4.69, 9.17) is 0 Å². The van der Waals surface area contributed by atoms with Gasteiger partial charge in [0.1, 0.15) is 11.6 Å². The number of aromatic hydroxyl groups is 1. The second-order valence-corrected chi connectivity index (χ2v) is 3.89. The molecule has 0 unspecified atom stereocenters. The molecule has 96 valence electrons. The first-order chi connectivity index (χ1) is 9.15. The van der Waals surface area contributed by atoms with Gasteiger partial charge in [0.05, 0.1) is 5.69 Å². The molecule has 0 atom stereocenters. The molecule has 0 fully saturated rings. The lowest BCUT2D eigenvalue weighted by atomic mass is 10.2. The van der Waals surface area contributed by atoms with Gasteiger partial charge < -0.3 is 10.4 Å². The van der Waals surface area contributed by atoms with Gasteiger partial charge in [-0.1, -0.05) is 24.3 Å². The maximum atomic E-state index is 12.9. The van der Waals surface area contributed by atoms with E-state index in [-0.39, 0.29) is 11.6 Å². The molecule has 0 heterocycles. The Morgan fingerprint density at radius 2 is 1.95 bits per heavy atom. The summed E-state index contributed by atoms with van der Waals surface area (Å²) < 4.78 is 12.9. The third kappa shape index (κ3) is 3.67. The van der Waals surface area contributed by atoms with Gasteiger partial charge in [-0.25, -0.2) is 4.39 Å². The fraction of sp³-hybridized carbons (Fsp3) is 0. The summed E-state index contributed by atoms with van der Waals surface area (Å²) in [4.78, 5) is 11.6. The van der Waals surface area contributed by atoms with Crippen LogP contribution in [0, 0.1) is 5.82 Å². The summed E-state index contributed by atoms with van der Waals surface area (Å²) >= 11 is 0. The van der Waals surface area contributed by atoms with E-state index in [2.05, 4.69) is 5.32 Å². The van der Waals surface area contributed by atoms with E-state index in [0.29, 0.717) is 11.3 Å². The van der Waals surface area contributed by atoms with E-state index in [1.54, 1.807) is 30.3 Å². The summed E-state index contributed by atoms with van der Waals surface area (Å²) in [5.74, 6) is -0.760. The average Bonchev–Trinajstić information content (AvgIpc) is 2.39.